The average molecular weight is 295 g/mol. The van der Waals surface area contributed by atoms with Gasteiger partial charge in [-0.25, -0.2) is 9.18 Å². The minimum absolute atomic E-state index is 0.00521. The largest absolute Gasteiger partial charge is 0.487 e. The van der Waals surface area contributed by atoms with Crippen LogP contribution >= 0.6 is 0 Å². The number of ether oxygens (including phenoxy) is 2. The molecule has 1 aromatic rings. The van der Waals surface area contributed by atoms with Crippen LogP contribution in [0.1, 0.15) is 49.9 Å². The standard InChI is InChI=1S/C16H22FNO3/c1-3-20-16(19)12-8-15(13(17)9-14(12)18)21-11-6-4-10(2)5-7-11/h8-11H,3-7,18H2,1-2H3. The van der Waals surface area contributed by atoms with Crippen molar-refractivity contribution in [2.45, 2.75) is 45.6 Å². The topological polar surface area (TPSA) is 61.5 Å². The van der Waals surface area contributed by atoms with Gasteiger partial charge in [-0.15, -0.1) is 0 Å². The molecule has 1 aliphatic carbocycles. The van der Waals surface area contributed by atoms with E-state index in [2.05, 4.69) is 6.92 Å². The van der Waals surface area contributed by atoms with Crippen molar-refractivity contribution < 1.29 is 18.7 Å². The third-order valence-corrected chi connectivity index (χ3v) is 3.86. The fourth-order valence-electron chi connectivity index (χ4n) is 2.57. The van der Waals surface area contributed by atoms with Gasteiger partial charge in [0.2, 0.25) is 0 Å². The van der Waals surface area contributed by atoms with E-state index in [1.54, 1.807) is 6.92 Å². The second-order valence-electron chi connectivity index (χ2n) is 5.59. The van der Waals surface area contributed by atoms with Gasteiger partial charge in [0.1, 0.15) is 0 Å². The smallest absolute Gasteiger partial charge is 0.340 e. The highest BCUT2D eigenvalue weighted by Gasteiger charge is 2.22. The SMILES string of the molecule is CCOC(=O)c1cc(OC2CCC(C)CC2)c(F)cc1N. The van der Waals surface area contributed by atoms with Gasteiger partial charge in [0.05, 0.1) is 18.3 Å². The molecule has 2 rings (SSSR count). The van der Waals surface area contributed by atoms with E-state index in [-0.39, 0.29) is 29.7 Å². The molecule has 0 bridgehead atoms. The molecule has 2 N–H and O–H groups in total. The number of carbonyl (C=O) groups is 1. The molecule has 0 unspecified atom stereocenters. The fraction of sp³-hybridized carbons (Fsp3) is 0.562. The van der Waals surface area contributed by atoms with Crippen molar-refractivity contribution in [1.29, 1.82) is 0 Å². The number of esters is 1. The number of halogens is 1. The van der Waals surface area contributed by atoms with Crippen LogP contribution in [-0.4, -0.2) is 18.7 Å². The molecule has 0 aliphatic heterocycles. The quantitative estimate of drug-likeness (QED) is 0.681. The Bertz CT molecular complexity index is 510. The zero-order valence-corrected chi connectivity index (χ0v) is 12.5. The molecular weight excluding hydrogens is 273 g/mol. The molecule has 1 aliphatic rings. The van der Waals surface area contributed by atoms with Crippen molar-refractivity contribution in [1.82, 2.24) is 0 Å². The second-order valence-corrected chi connectivity index (χ2v) is 5.59. The molecule has 4 nitrogen and oxygen atoms in total. The number of hydrogen-bond donors (Lipinski definition) is 1. The monoisotopic (exact) mass is 295 g/mol. The van der Waals surface area contributed by atoms with E-state index < -0.39 is 11.8 Å². The van der Waals surface area contributed by atoms with Crippen LogP contribution in [0.2, 0.25) is 0 Å². The molecule has 0 amide bonds. The van der Waals surface area contributed by atoms with Gasteiger partial charge in [0.25, 0.3) is 0 Å². The Labute approximate surface area is 124 Å². The summed E-state index contributed by atoms with van der Waals surface area (Å²) >= 11 is 0. The van der Waals surface area contributed by atoms with Crippen molar-refractivity contribution in [3.05, 3.63) is 23.5 Å². The molecule has 0 atom stereocenters. The van der Waals surface area contributed by atoms with Crippen LogP contribution < -0.4 is 10.5 Å². The van der Waals surface area contributed by atoms with Gasteiger partial charge < -0.3 is 15.2 Å². The van der Waals surface area contributed by atoms with Crippen LogP contribution in [-0.2, 0) is 4.74 Å². The maximum atomic E-state index is 14.0. The minimum atomic E-state index is -0.558. The third-order valence-electron chi connectivity index (χ3n) is 3.86. The molecule has 0 spiro atoms. The Balaban J connectivity index is 2.15. The van der Waals surface area contributed by atoms with Gasteiger partial charge in [0, 0.05) is 11.8 Å². The molecule has 0 radical (unpaired) electrons. The number of hydrogen-bond acceptors (Lipinski definition) is 4. The summed E-state index contributed by atoms with van der Waals surface area (Å²) in [6, 6.07) is 2.47. The van der Waals surface area contributed by atoms with E-state index >= 15 is 0 Å². The van der Waals surface area contributed by atoms with Gasteiger partial charge in [-0.05, 0) is 44.6 Å². The molecule has 0 heterocycles. The van der Waals surface area contributed by atoms with Crippen LogP contribution in [0.4, 0.5) is 10.1 Å². The zero-order valence-electron chi connectivity index (χ0n) is 12.5. The Morgan fingerprint density at radius 3 is 2.62 bits per heavy atom. The van der Waals surface area contributed by atoms with Crippen molar-refractivity contribution in [3.63, 3.8) is 0 Å². The predicted octanol–water partition coefficient (Wildman–Crippen LogP) is 3.54. The van der Waals surface area contributed by atoms with E-state index in [9.17, 15) is 9.18 Å². The van der Waals surface area contributed by atoms with Crippen LogP contribution in [0.5, 0.6) is 5.75 Å². The molecular formula is C16H22FNO3. The van der Waals surface area contributed by atoms with Gasteiger partial charge >= 0.3 is 5.97 Å². The maximum Gasteiger partial charge on any atom is 0.340 e. The predicted molar refractivity (Wildman–Crippen MR) is 78.8 cm³/mol. The van der Waals surface area contributed by atoms with Crippen molar-refractivity contribution in [3.8, 4) is 5.75 Å². The highest BCUT2D eigenvalue weighted by Crippen LogP contribution is 2.30. The molecule has 0 aromatic heterocycles. The average Bonchev–Trinajstić information content (AvgIpc) is 2.44. The summed E-state index contributed by atoms with van der Waals surface area (Å²) in [7, 11) is 0. The Kier molecular flexibility index (Phi) is 5.04. The summed E-state index contributed by atoms with van der Waals surface area (Å²) < 4.78 is 24.6. The lowest BCUT2D eigenvalue weighted by molar-refractivity contribution is 0.0526. The first-order valence-electron chi connectivity index (χ1n) is 7.44. The minimum Gasteiger partial charge on any atom is -0.487 e. The number of nitrogen functional groups attached to an aromatic ring is 1. The van der Waals surface area contributed by atoms with Gasteiger partial charge in [0.15, 0.2) is 11.6 Å². The summed E-state index contributed by atoms with van der Waals surface area (Å²) in [6.07, 6.45) is 3.95. The first-order valence-corrected chi connectivity index (χ1v) is 7.44. The summed E-state index contributed by atoms with van der Waals surface area (Å²) in [4.78, 5) is 11.8. The van der Waals surface area contributed by atoms with E-state index in [4.69, 9.17) is 15.2 Å². The van der Waals surface area contributed by atoms with Gasteiger partial charge in [-0.2, -0.15) is 0 Å². The maximum absolute atomic E-state index is 14.0. The van der Waals surface area contributed by atoms with Crippen LogP contribution in [0.25, 0.3) is 0 Å². The lowest BCUT2D eigenvalue weighted by atomic mass is 9.89. The highest BCUT2D eigenvalue weighted by atomic mass is 19.1. The summed E-state index contributed by atoms with van der Waals surface area (Å²) in [5.41, 5.74) is 5.89. The molecule has 0 saturated heterocycles. The van der Waals surface area contributed by atoms with E-state index in [0.717, 1.165) is 31.7 Å². The molecule has 1 saturated carbocycles. The number of nitrogens with two attached hydrogens (primary N) is 1. The van der Waals surface area contributed by atoms with Gasteiger partial charge in [-0.3, -0.25) is 0 Å². The van der Waals surface area contributed by atoms with Crippen molar-refractivity contribution >= 4 is 11.7 Å². The zero-order chi connectivity index (χ0) is 15.4. The van der Waals surface area contributed by atoms with Crippen LogP contribution in [0.15, 0.2) is 12.1 Å². The Morgan fingerprint density at radius 2 is 2.00 bits per heavy atom. The lowest BCUT2D eigenvalue weighted by Crippen LogP contribution is -2.23. The van der Waals surface area contributed by atoms with E-state index in [1.165, 1.54) is 6.07 Å². The molecule has 1 aromatic carbocycles. The van der Waals surface area contributed by atoms with Crippen molar-refractivity contribution in [2.75, 3.05) is 12.3 Å². The second kappa shape index (κ2) is 6.78. The molecule has 1 fully saturated rings. The molecule has 5 heteroatoms. The van der Waals surface area contributed by atoms with E-state index in [0.29, 0.717) is 5.92 Å². The Morgan fingerprint density at radius 1 is 1.33 bits per heavy atom. The number of rotatable bonds is 4. The number of benzene rings is 1. The highest BCUT2D eigenvalue weighted by molar-refractivity contribution is 5.95. The van der Waals surface area contributed by atoms with E-state index in [1.807, 2.05) is 0 Å². The van der Waals surface area contributed by atoms with Crippen LogP contribution in [0, 0.1) is 11.7 Å². The summed E-state index contributed by atoms with van der Waals surface area (Å²) in [5.74, 6) is -0.334. The normalized spacial score (nSPS) is 21.9. The summed E-state index contributed by atoms with van der Waals surface area (Å²) in [5, 5.41) is 0. The van der Waals surface area contributed by atoms with Crippen LogP contribution in [0.3, 0.4) is 0 Å². The summed E-state index contributed by atoms with van der Waals surface area (Å²) in [6.45, 7) is 4.16. The first-order chi connectivity index (χ1) is 10.0. The van der Waals surface area contributed by atoms with Gasteiger partial charge in [-0.1, -0.05) is 6.92 Å². The van der Waals surface area contributed by atoms with Crippen molar-refractivity contribution in [2.24, 2.45) is 5.92 Å². The number of carbonyl (C=O) groups excluding carboxylic acids is 1. The third kappa shape index (κ3) is 3.86. The molecule has 21 heavy (non-hydrogen) atoms. The fourth-order valence-corrected chi connectivity index (χ4v) is 2.57. The Hall–Kier alpha value is -1.78. The number of anilines is 1. The lowest BCUT2D eigenvalue weighted by Gasteiger charge is -2.27. The molecule has 116 valence electrons. The first kappa shape index (κ1) is 15.6.